The minimum absolute atomic E-state index is 0.0853. The van der Waals surface area contributed by atoms with E-state index in [2.05, 4.69) is 0 Å². The lowest BCUT2D eigenvalue weighted by molar-refractivity contribution is 0.0727. The molecule has 9 heteroatoms. The van der Waals surface area contributed by atoms with E-state index in [0.29, 0.717) is 57.4 Å². The van der Waals surface area contributed by atoms with Gasteiger partial charge in [-0.25, -0.2) is 8.42 Å². The molecule has 8 nitrogen and oxygen atoms in total. The highest BCUT2D eigenvalue weighted by molar-refractivity contribution is 7.89. The predicted octanol–water partition coefficient (Wildman–Crippen LogP) is 2.46. The summed E-state index contributed by atoms with van der Waals surface area (Å²) in [5.74, 6) is 1.25. The van der Waals surface area contributed by atoms with Gasteiger partial charge in [0.1, 0.15) is 13.2 Å². The Labute approximate surface area is 187 Å². The van der Waals surface area contributed by atoms with Crippen LogP contribution in [-0.4, -0.2) is 69.6 Å². The smallest absolute Gasteiger partial charge is 0.254 e. The molecule has 1 amide bonds. The van der Waals surface area contributed by atoms with E-state index in [9.17, 15) is 13.2 Å². The van der Waals surface area contributed by atoms with Gasteiger partial charge < -0.3 is 19.1 Å². The van der Waals surface area contributed by atoms with E-state index in [0.717, 1.165) is 24.2 Å². The maximum Gasteiger partial charge on any atom is 0.254 e. The van der Waals surface area contributed by atoms with Crippen molar-refractivity contribution in [3.63, 3.8) is 0 Å². The van der Waals surface area contributed by atoms with Crippen molar-refractivity contribution >= 4 is 15.9 Å². The molecular weight excluding hydrogens is 432 g/mol. The quantitative estimate of drug-likeness (QED) is 0.700. The molecule has 1 unspecified atom stereocenters. The molecule has 3 aliphatic heterocycles. The number of amides is 1. The van der Waals surface area contributed by atoms with E-state index in [-0.39, 0.29) is 16.8 Å². The molecule has 1 atom stereocenters. The van der Waals surface area contributed by atoms with Crippen molar-refractivity contribution in [2.45, 2.75) is 23.8 Å². The van der Waals surface area contributed by atoms with Crippen LogP contribution in [0.25, 0.3) is 0 Å². The molecule has 0 bridgehead atoms. The average Bonchev–Trinajstić information content (AvgIpc) is 3.34. The van der Waals surface area contributed by atoms with Gasteiger partial charge >= 0.3 is 0 Å². The molecule has 0 aliphatic carbocycles. The van der Waals surface area contributed by atoms with Crippen LogP contribution in [0.5, 0.6) is 11.5 Å². The van der Waals surface area contributed by atoms with Crippen molar-refractivity contribution in [2.24, 2.45) is 0 Å². The van der Waals surface area contributed by atoms with Crippen LogP contribution in [0.1, 0.15) is 34.8 Å². The number of rotatable bonds is 4. The van der Waals surface area contributed by atoms with Gasteiger partial charge in [0.05, 0.1) is 24.2 Å². The van der Waals surface area contributed by atoms with Crippen LogP contribution in [0.3, 0.4) is 0 Å². The Hall–Kier alpha value is -2.62. The van der Waals surface area contributed by atoms with Crippen LogP contribution in [0.2, 0.25) is 0 Å². The van der Waals surface area contributed by atoms with Gasteiger partial charge in [-0.2, -0.15) is 4.31 Å². The van der Waals surface area contributed by atoms with Crippen LogP contribution < -0.4 is 9.47 Å². The summed E-state index contributed by atoms with van der Waals surface area (Å²) in [6.07, 6.45) is 1.73. The van der Waals surface area contributed by atoms with Crippen molar-refractivity contribution in [2.75, 3.05) is 46.1 Å². The maximum absolute atomic E-state index is 13.4. The Balaban J connectivity index is 1.39. The molecule has 2 aromatic carbocycles. The Bertz CT molecular complexity index is 1110. The number of hydrogen-bond acceptors (Lipinski definition) is 6. The predicted molar refractivity (Wildman–Crippen MR) is 116 cm³/mol. The van der Waals surface area contributed by atoms with Crippen molar-refractivity contribution in [3.8, 4) is 11.5 Å². The maximum atomic E-state index is 13.4. The SMILES string of the molecule is O=C(c1cccc(S(=O)(=O)N2CCOCC2)c1)N1CCCC1c1ccc2c(c1)OCCO2. The first kappa shape index (κ1) is 21.2. The number of benzene rings is 2. The Morgan fingerprint density at radius 2 is 1.69 bits per heavy atom. The standard InChI is InChI=1S/C23H26N2O6S/c26-23(18-3-1-4-19(15-18)32(27,28)24-9-11-29-12-10-24)25-8-2-5-20(25)17-6-7-21-22(16-17)31-14-13-30-21/h1,3-4,6-7,15-16,20H,2,5,8-14H2. The zero-order chi connectivity index (χ0) is 22.1. The molecule has 0 N–H and O–H groups in total. The second-order valence-corrected chi connectivity index (χ2v) is 10.0. The van der Waals surface area contributed by atoms with Gasteiger partial charge in [0.2, 0.25) is 10.0 Å². The molecule has 2 fully saturated rings. The van der Waals surface area contributed by atoms with Crippen LogP contribution in [-0.2, 0) is 14.8 Å². The fourth-order valence-corrected chi connectivity index (χ4v) is 5.97. The normalized spacial score (nSPS) is 21.5. The molecule has 2 saturated heterocycles. The van der Waals surface area contributed by atoms with Crippen LogP contribution in [0.15, 0.2) is 47.4 Å². The van der Waals surface area contributed by atoms with E-state index < -0.39 is 10.0 Å². The molecule has 0 spiro atoms. The number of nitrogens with zero attached hydrogens (tertiary/aromatic N) is 2. The second-order valence-electron chi connectivity index (χ2n) is 8.10. The number of morpholine rings is 1. The Morgan fingerprint density at radius 3 is 2.50 bits per heavy atom. The molecule has 0 aromatic heterocycles. The molecular formula is C23H26N2O6S. The summed E-state index contributed by atoms with van der Waals surface area (Å²) in [4.78, 5) is 15.4. The van der Waals surface area contributed by atoms with Gasteiger partial charge in [-0.05, 0) is 48.7 Å². The second kappa shape index (κ2) is 8.73. The van der Waals surface area contributed by atoms with Crippen LogP contribution in [0.4, 0.5) is 0 Å². The third-order valence-corrected chi connectivity index (χ3v) is 8.05. The molecule has 3 heterocycles. The first-order chi connectivity index (χ1) is 15.5. The van der Waals surface area contributed by atoms with E-state index in [1.165, 1.54) is 10.4 Å². The minimum Gasteiger partial charge on any atom is -0.486 e. The summed E-state index contributed by atoms with van der Waals surface area (Å²) in [5.41, 5.74) is 1.38. The van der Waals surface area contributed by atoms with Crippen LogP contribution in [0, 0.1) is 0 Å². The Kier molecular flexibility index (Phi) is 5.79. The first-order valence-electron chi connectivity index (χ1n) is 10.9. The molecule has 0 saturated carbocycles. The third kappa shape index (κ3) is 3.96. The minimum atomic E-state index is -3.67. The van der Waals surface area contributed by atoms with E-state index >= 15 is 0 Å². The highest BCUT2D eigenvalue weighted by atomic mass is 32.2. The van der Waals surface area contributed by atoms with Gasteiger partial charge in [0.15, 0.2) is 11.5 Å². The summed E-state index contributed by atoms with van der Waals surface area (Å²) in [6.45, 7) is 3.06. The molecule has 2 aromatic rings. The van der Waals surface area contributed by atoms with Crippen molar-refractivity contribution < 1.29 is 27.4 Å². The average molecular weight is 459 g/mol. The fourth-order valence-electron chi connectivity index (χ4n) is 4.51. The van der Waals surface area contributed by atoms with Crippen molar-refractivity contribution in [1.29, 1.82) is 0 Å². The molecule has 170 valence electrons. The summed E-state index contributed by atoms with van der Waals surface area (Å²) >= 11 is 0. The topological polar surface area (TPSA) is 85.4 Å². The summed E-state index contributed by atoms with van der Waals surface area (Å²) in [5, 5.41) is 0. The van der Waals surface area contributed by atoms with E-state index in [1.807, 2.05) is 23.1 Å². The van der Waals surface area contributed by atoms with Gasteiger partial charge in [-0.1, -0.05) is 12.1 Å². The van der Waals surface area contributed by atoms with E-state index in [1.54, 1.807) is 18.2 Å². The lowest BCUT2D eigenvalue weighted by atomic mass is 10.0. The van der Waals surface area contributed by atoms with Crippen molar-refractivity contribution in [1.82, 2.24) is 9.21 Å². The molecule has 0 radical (unpaired) electrons. The van der Waals surface area contributed by atoms with E-state index in [4.69, 9.17) is 14.2 Å². The zero-order valence-corrected chi connectivity index (χ0v) is 18.6. The Morgan fingerprint density at radius 1 is 0.906 bits per heavy atom. The summed E-state index contributed by atoms with van der Waals surface area (Å²) < 4.78 is 44.0. The fraction of sp³-hybridized carbons (Fsp3) is 0.435. The number of fused-ring (bicyclic) bond motifs is 1. The number of hydrogen-bond donors (Lipinski definition) is 0. The largest absolute Gasteiger partial charge is 0.486 e. The monoisotopic (exact) mass is 458 g/mol. The van der Waals surface area contributed by atoms with Crippen molar-refractivity contribution in [3.05, 3.63) is 53.6 Å². The summed E-state index contributed by atoms with van der Waals surface area (Å²) in [7, 11) is -3.67. The highest BCUT2D eigenvalue weighted by Crippen LogP contribution is 2.38. The molecule has 3 aliphatic rings. The molecule has 32 heavy (non-hydrogen) atoms. The lowest BCUT2D eigenvalue weighted by Crippen LogP contribution is -2.40. The van der Waals surface area contributed by atoms with Gasteiger partial charge in [0, 0.05) is 25.2 Å². The number of sulfonamides is 1. The zero-order valence-electron chi connectivity index (χ0n) is 17.7. The number of carbonyl (C=O) groups is 1. The number of carbonyl (C=O) groups excluding carboxylic acids is 1. The van der Waals surface area contributed by atoms with Gasteiger partial charge in [-0.3, -0.25) is 4.79 Å². The number of ether oxygens (including phenoxy) is 3. The first-order valence-corrected chi connectivity index (χ1v) is 12.4. The third-order valence-electron chi connectivity index (χ3n) is 6.15. The van der Waals surface area contributed by atoms with Gasteiger partial charge in [0.25, 0.3) is 5.91 Å². The number of likely N-dealkylation sites (tertiary alicyclic amines) is 1. The highest BCUT2D eigenvalue weighted by Gasteiger charge is 2.33. The van der Waals surface area contributed by atoms with Gasteiger partial charge in [-0.15, -0.1) is 0 Å². The summed E-state index contributed by atoms with van der Waals surface area (Å²) in [6, 6.07) is 12.1. The lowest BCUT2D eigenvalue weighted by Gasteiger charge is -2.28. The molecule has 5 rings (SSSR count). The van der Waals surface area contributed by atoms with Crippen LogP contribution >= 0.6 is 0 Å².